The fourth-order valence-corrected chi connectivity index (χ4v) is 0.927. The first-order valence-electron chi connectivity index (χ1n) is 4.67. The predicted octanol–water partition coefficient (Wildman–Crippen LogP) is 0.0257. The number of aliphatic hydroxyl groups is 1. The number of alkyl halides is 3. The van der Waals surface area contributed by atoms with E-state index in [1.165, 1.54) is 6.92 Å². The number of aliphatic hydroxyl groups excluding tert-OH is 1. The van der Waals surface area contributed by atoms with Crippen molar-refractivity contribution in [2.45, 2.75) is 19.2 Å². The molecule has 0 aromatic rings. The van der Waals surface area contributed by atoms with E-state index in [0.717, 1.165) is 0 Å². The Hall–Kier alpha value is -1.51. The van der Waals surface area contributed by atoms with Crippen molar-refractivity contribution in [3.63, 3.8) is 0 Å². The molecule has 0 unspecified atom stereocenters. The molecule has 0 aliphatic carbocycles. The van der Waals surface area contributed by atoms with Crippen LogP contribution in [-0.4, -0.2) is 59.0 Å². The maximum Gasteiger partial charge on any atom is 0.406 e. The monoisotopic (exact) mass is 258 g/mol. The number of aliphatic carboxylic acids is 1. The first kappa shape index (κ1) is 15.5. The molecule has 0 saturated carbocycles. The zero-order valence-corrected chi connectivity index (χ0v) is 8.99. The second-order valence-electron chi connectivity index (χ2n) is 3.17. The number of carbonyl (C=O) groups excluding carboxylic acids is 1. The first-order valence-corrected chi connectivity index (χ1v) is 4.67. The zero-order valence-electron chi connectivity index (χ0n) is 8.99. The Morgan fingerprint density at radius 1 is 1.41 bits per heavy atom. The summed E-state index contributed by atoms with van der Waals surface area (Å²) in [5, 5.41) is 19.0. The average Bonchev–Trinajstić information content (AvgIpc) is 2.20. The van der Waals surface area contributed by atoms with Gasteiger partial charge in [0.15, 0.2) is 6.10 Å². The molecule has 100 valence electrons. The fourth-order valence-electron chi connectivity index (χ4n) is 0.927. The number of amides is 2. The largest absolute Gasteiger partial charge is 0.479 e. The van der Waals surface area contributed by atoms with Crippen molar-refractivity contribution < 1.29 is 33.0 Å². The number of halogens is 3. The average molecular weight is 258 g/mol. The van der Waals surface area contributed by atoms with Crippen LogP contribution >= 0.6 is 0 Å². The molecule has 1 atom stereocenters. The summed E-state index contributed by atoms with van der Waals surface area (Å²) in [5.74, 6) is -1.57. The first-order chi connectivity index (χ1) is 7.67. The van der Waals surface area contributed by atoms with Gasteiger partial charge in [0.1, 0.15) is 6.54 Å². The topological polar surface area (TPSA) is 89.9 Å². The highest BCUT2D eigenvalue weighted by Crippen LogP contribution is 2.16. The van der Waals surface area contributed by atoms with Gasteiger partial charge in [-0.3, -0.25) is 0 Å². The number of hydrogen-bond acceptors (Lipinski definition) is 3. The van der Waals surface area contributed by atoms with Crippen LogP contribution in [0.1, 0.15) is 6.92 Å². The van der Waals surface area contributed by atoms with E-state index in [0.29, 0.717) is 4.90 Å². The molecule has 6 nitrogen and oxygen atoms in total. The predicted molar refractivity (Wildman–Crippen MR) is 50.3 cm³/mol. The van der Waals surface area contributed by atoms with Gasteiger partial charge in [-0.1, -0.05) is 0 Å². The molecule has 0 aromatic carbocycles. The molecule has 17 heavy (non-hydrogen) atoms. The van der Waals surface area contributed by atoms with E-state index in [-0.39, 0.29) is 6.54 Å². The van der Waals surface area contributed by atoms with Gasteiger partial charge in [0, 0.05) is 6.54 Å². The number of rotatable bonds is 5. The SMILES string of the molecule is CCN(CC(F)(F)F)C(=O)NC[C@H](O)C(=O)O. The van der Waals surface area contributed by atoms with E-state index < -0.39 is 37.4 Å². The Morgan fingerprint density at radius 2 is 1.94 bits per heavy atom. The molecule has 0 bridgehead atoms. The van der Waals surface area contributed by atoms with Gasteiger partial charge in [-0.25, -0.2) is 9.59 Å². The zero-order chi connectivity index (χ0) is 13.6. The lowest BCUT2D eigenvalue weighted by Crippen LogP contribution is -2.47. The summed E-state index contributed by atoms with van der Waals surface area (Å²) in [6.45, 7) is -0.922. The molecule has 0 radical (unpaired) electrons. The Bertz CT molecular complexity index is 282. The van der Waals surface area contributed by atoms with Gasteiger partial charge in [-0.15, -0.1) is 0 Å². The minimum absolute atomic E-state index is 0.186. The van der Waals surface area contributed by atoms with Gasteiger partial charge in [0.2, 0.25) is 0 Å². The van der Waals surface area contributed by atoms with Crippen LogP contribution in [0.2, 0.25) is 0 Å². The molecule has 2 amide bonds. The fraction of sp³-hybridized carbons (Fsp3) is 0.750. The third-order valence-corrected chi connectivity index (χ3v) is 1.77. The maximum absolute atomic E-state index is 12.0. The van der Waals surface area contributed by atoms with Crippen molar-refractivity contribution in [3.8, 4) is 0 Å². The summed E-state index contributed by atoms with van der Waals surface area (Å²) in [6, 6.07) is -1.08. The standard InChI is InChI=1S/C8H13F3N2O4/c1-2-13(4-8(9,10)11)7(17)12-3-5(14)6(15)16/h5,14H,2-4H2,1H3,(H,12,17)(H,15,16)/t5-/m0/s1. The Labute approximate surface area is 95.0 Å². The summed E-state index contributed by atoms with van der Waals surface area (Å²) in [4.78, 5) is 21.8. The molecule has 0 rings (SSSR count). The highest BCUT2D eigenvalue weighted by molar-refractivity contribution is 5.76. The van der Waals surface area contributed by atoms with Crippen molar-refractivity contribution >= 4 is 12.0 Å². The molecule has 3 N–H and O–H groups in total. The lowest BCUT2D eigenvalue weighted by molar-refractivity contribution is -0.146. The molecule has 0 heterocycles. The summed E-state index contributed by atoms with van der Waals surface area (Å²) in [7, 11) is 0. The smallest absolute Gasteiger partial charge is 0.406 e. The number of nitrogens with zero attached hydrogens (tertiary/aromatic N) is 1. The van der Waals surface area contributed by atoms with Gasteiger partial charge in [-0.2, -0.15) is 13.2 Å². The summed E-state index contributed by atoms with van der Waals surface area (Å²) >= 11 is 0. The van der Waals surface area contributed by atoms with Crippen LogP contribution < -0.4 is 5.32 Å². The van der Waals surface area contributed by atoms with Gasteiger partial charge in [0.05, 0.1) is 6.54 Å². The Balaban J connectivity index is 4.23. The molecular weight excluding hydrogens is 245 g/mol. The molecule has 0 fully saturated rings. The highest BCUT2D eigenvalue weighted by Gasteiger charge is 2.32. The third-order valence-electron chi connectivity index (χ3n) is 1.77. The molecule has 0 aromatic heterocycles. The summed E-state index contributed by atoms with van der Waals surface area (Å²) < 4.78 is 36.0. The van der Waals surface area contributed by atoms with Crippen LogP contribution in [0.15, 0.2) is 0 Å². The van der Waals surface area contributed by atoms with E-state index in [9.17, 15) is 22.8 Å². The number of hydrogen-bond donors (Lipinski definition) is 3. The van der Waals surface area contributed by atoms with Crippen LogP contribution in [-0.2, 0) is 4.79 Å². The third kappa shape index (κ3) is 6.61. The maximum atomic E-state index is 12.0. The van der Waals surface area contributed by atoms with Crippen molar-refractivity contribution in [2.24, 2.45) is 0 Å². The van der Waals surface area contributed by atoms with E-state index in [1.54, 1.807) is 0 Å². The van der Waals surface area contributed by atoms with Crippen molar-refractivity contribution in [2.75, 3.05) is 19.6 Å². The second-order valence-corrected chi connectivity index (χ2v) is 3.17. The van der Waals surface area contributed by atoms with Crippen LogP contribution in [0, 0.1) is 0 Å². The van der Waals surface area contributed by atoms with E-state index in [1.807, 2.05) is 5.32 Å². The Kier molecular flexibility index (Phi) is 5.72. The number of urea groups is 1. The van der Waals surface area contributed by atoms with Crippen LogP contribution in [0.5, 0.6) is 0 Å². The summed E-state index contributed by atoms with van der Waals surface area (Å²) in [5.41, 5.74) is 0. The quantitative estimate of drug-likeness (QED) is 0.648. The molecule has 0 spiro atoms. The van der Waals surface area contributed by atoms with Gasteiger partial charge in [-0.05, 0) is 6.92 Å². The van der Waals surface area contributed by atoms with Crippen LogP contribution in [0.4, 0.5) is 18.0 Å². The van der Waals surface area contributed by atoms with Crippen molar-refractivity contribution in [1.29, 1.82) is 0 Å². The normalized spacial score (nSPS) is 13.0. The molecule has 0 aliphatic heterocycles. The lowest BCUT2D eigenvalue weighted by atomic mass is 10.3. The minimum Gasteiger partial charge on any atom is -0.479 e. The molecule has 0 saturated heterocycles. The van der Waals surface area contributed by atoms with Crippen LogP contribution in [0.25, 0.3) is 0 Å². The molecular formula is C8H13F3N2O4. The van der Waals surface area contributed by atoms with E-state index in [2.05, 4.69) is 0 Å². The van der Waals surface area contributed by atoms with Gasteiger partial charge in [0.25, 0.3) is 0 Å². The lowest BCUT2D eigenvalue weighted by Gasteiger charge is -2.22. The highest BCUT2D eigenvalue weighted by atomic mass is 19.4. The van der Waals surface area contributed by atoms with E-state index in [4.69, 9.17) is 10.2 Å². The number of carboxylic acids is 1. The van der Waals surface area contributed by atoms with Gasteiger partial charge < -0.3 is 20.4 Å². The van der Waals surface area contributed by atoms with Gasteiger partial charge >= 0.3 is 18.2 Å². The van der Waals surface area contributed by atoms with Crippen molar-refractivity contribution in [3.05, 3.63) is 0 Å². The minimum atomic E-state index is -4.53. The second kappa shape index (κ2) is 6.28. The van der Waals surface area contributed by atoms with Crippen LogP contribution in [0.3, 0.4) is 0 Å². The van der Waals surface area contributed by atoms with E-state index >= 15 is 0 Å². The number of nitrogens with one attached hydrogen (secondary N) is 1. The summed E-state index contributed by atoms with van der Waals surface area (Å²) in [6.07, 6.45) is -6.37. The van der Waals surface area contributed by atoms with Crippen molar-refractivity contribution in [1.82, 2.24) is 10.2 Å². The Morgan fingerprint density at radius 3 is 2.29 bits per heavy atom. The number of carboxylic acid groups (broad SMARTS) is 1. The molecule has 0 aliphatic rings. The molecule has 9 heteroatoms. The number of carbonyl (C=O) groups is 2.